The van der Waals surface area contributed by atoms with Crippen LogP contribution in [0.1, 0.15) is 55.7 Å². The van der Waals surface area contributed by atoms with E-state index in [2.05, 4.69) is 26.6 Å². The fraction of sp³-hybridized carbons (Fsp3) is 0.519. The van der Waals surface area contributed by atoms with Crippen molar-refractivity contribution in [3.8, 4) is 22.6 Å². The number of hydrogen-bond donors (Lipinski definition) is 14. The van der Waals surface area contributed by atoms with Gasteiger partial charge in [0.05, 0.1) is 49.3 Å². The molecule has 3 aromatic carbocycles. The van der Waals surface area contributed by atoms with Crippen molar-refractivity contribution in [1.82, 2.24) is 36.4 Å². The summed E-state index contributed by atoms with van der Waals surface area (Å²) in [5.74, 6) is -8.21. The first-order valence-corrected chi connectivity index (χ1v) is 25.5. The molecule has 4 aliphatic rings. The number of phenols is 1. The maximum Gasteiger partial charge on any atom is 0.407 e. The highest BCUT2D eigenvalue weighted by atomic mass is 16.5. The normalized spacial score (nSPS) is 27.8. The van der Waals surface area contributed by atoms with Crippen molar-refractivity contribution in [3.05, 3.63) is 83.4 Å². The number of aliphatic hydroxyl groups excluding tert-OH is 7. The first-order valence-electron chi connectivity index (χ1n) is 25.5. The second-order valence-corrected chi connectivity index (χ2v) is 20.0. The summed E-state index contributed by atoms with van der Waals surface area (Å²) in [6, 6.07) is 8.47. The molecule has 3 aliphatic heterocycles. The van der Waals surface area contributed by atoms with Crippen molar-refractivity contribution >= 4 is 41.5 Å². The molecule has 15 N–H and O–H groups in total. The zero-order chi connectivity index (χ0) is 55.8. The van der Waals surface area contributed by atoms with Crippen molar-refractivity contribution < 1.29 is 83.9 Å². The van der Waals surface area contributed by atoms with E-state index in [1.807, 2.05) is 48.5 Å². The van der Waals surface area contributed by atoms with Crippen LogP contribution in [0.4, 0.5) is 4.79 Å². The summed E-state index contributed by atoms with van der Waals surface area (Å²) in [7, 11) is 0. The van der Waals surface area contributed by atoms with Crippen molar-refractivity contribution in [2.75, 3.05) is 46.0 Å². The Morgan fingerprint density at radius 2 is 1.42 bits per heavy atom. The summed E-state index contributed by atoms with van der Waals surface area (Å²) in [6.45, 7) is 0.234. The summed E-state index contributed by atoms with van der Waals surface area (Å²) in [5.41, 5.74) is 10.2. The molecule has 418 valence electrons. The fourth-order valence-electron chi connectivity index (χ4n) is 10.3. The van der Waals surface area contributed by atoms with Gasteiger partial charge in [-0.1, -0.05) is 61.5 Å². The van der Waals surface area contributed by atoms with Crippen LogP contribution in [0.15, 0.2) is 66.7 Å². The quantitative estimate of drug-likeness (QED) is 0.0780. The summed E-state index contributed by atoms with van der Waals surface area (Å²) in [6.07, 6.45) is -12.7. The van der Waals surface area contributed by atoms with E-state index in [1.54, 1.807) is 0 Å². The topological polar surface area (TPSA) is 392 Å². The van der Waals surface area contributed by atoms with Crippen LogP contribution in [-0.2, 0) is 39.9 Å². The van der Waals surface area contributed by atoms with E-state index in [1.165, 1.54) is 25.1 Å². The van der Waals surface area contributed by atoms with Gasteiger partial charge in [-0.2, -0.15) is 0 Å². The first kappa shape index (κ1) is 57.7. The van der Waals surface area contributed by atoms with Crippen molar-refractivity contribution in [2.24, 2.45) is 11.7 Å². The molecule has 0 aromatic heterocycles. The minimum Gasteiger partial charge on any atom is -0.504 e. The zero-order valence-corrected chi connectivity index (χ0v) is 42.4. The highest BCUT2D eigenvalue weighted by Crippen LogP contribution is 2.44. The van der Waals surface area contributed by atoms with Crippen LogP contribution in [-0.4, -0.2) is 211 Å². The lowest BCUT2D eigenvalue weighted by Gasteiger charge is -2.34. The molecule has 3 heterocycles. The third-order valence-corrected chi connectivity index (χ3v) is 14.3. The number of carbonyl (C=O) groups excluding carboxylic acids is 7. The number of benzene rings is 3. The number of alkyl carbamates (subject to hydrolysis) is 1. The summed E-state index contributed by atoms with van der Waals surface area (Å²) in [4.78, 5) is 100. The van der Waals surface area contributed by atoms with Crippen LogP contribution >= 0.6 is 0 Å². The molecule has 1 aliphatic carbocycles. The Kier molecular flexibility index (Phi) is 19.1. The molecule has 0 bridgehead atoms. The SMILES string of the molecule is C[C@@H](O)[C@@H]1NC(=O)C(N)C[C@@H](O)CNC(=O)[C@@H]2[C@@H](O)[C@@H](C)CN2C(=O)[C@H]([C@H](O)CCNC(=O)OCC2c3ccccc3-c3ccccc32)NC(=O)[C@H]([C@H](O)Cc2ccc(O)c(OCCO)c2)NC(=O)[C@@H]2C[C@@H](O)CN2C1=O. The summed E-state index contributed by atoms with van der Waals surface area (Å²) < 4.78 is 11.0. The van der Waals surface area contributed by atoms with Gasteiger partial charge in [0.15, 0.2) is 11.5 Å². The molecule has 25 nitrogen and oxygen atoms in total. The summed E-state index contributed by atoms with van der Waals surface area (Å²) in [5, 5.41) is 99.5. The lowest BCUT2D eigenvalue weighted by molar-refractivity contribution is -0.147. The number of phenolic OH excluding ortho intramolecular Hbond substituents is 1. The van der Waals surface area contributed by atoms with Gasteiger partial charge in [-0.15, -0.1) is 0 Å². The third-order valence-electron chi connectivity index (χ3n) is 14.3. The number of nitrogens with two attached hydrogens (primary N) is 1. The number of amides is 7. The van der Waals surface area contributed by atoms with Gasteiger partial charge in [-0.05, 0) is 59.7 Å². The van der Waals surface area contributed by atoms with E-state index in [9.17, 15) is 74.4 Å². The Balaban J connectivity index is 1.19. The number of nitrogens with zero attached hydrogens (tertiary/aromatic N) is 2. The van der Waals surface area contributed by atoms with Gasteiger partial charge < -0.3 is 92.4 Å². The van der Waals surface area contributed by atoms with Gasteiger partial charge in [0.25, 0.3) is 0 Å². The fourth-order valence-corrected chi connectivity index (χ4v) is 10.3. The number of hydrogen-bond acceptors (Lipinski definition) is 18. The smallest absolute Gasteiger partial charge is 0.407 e. The van der Waals surface area contributed by atoms with Crippen LogP contribution in [0.5, 0.6) is 11.5 Å². The molecule has 13 atom stereocenters. The molecular formula is C52H68N8O17. The van der Waals surface area contributed by atoms with E-state index >= 15 is 0 Å². The van der Waals surface area contributed by atoms with Crippen molar-refractivity contribution in [3.63, 3.8) is 0 Å². The van der Waals surface area contributed by atoms with E-state index in [0.29, 0.717) is 0 Å². The van der Waals surface area contributed by atoms with E-state index in [0.717, 1.165) is 39.0 Å². The molecular weight excluding hydrogens is 1010 g/mol. The molecule has 77 heavy (non-hydrogen) atoms. The van der Waals surface area contributed by atoms with Gasteiger partial charge >= 0.3 is 6.09 Å². The van der Waals surface area contributed by atoms with Crippen LogP contribution in [0.25, 0.3) is 11.1 Å². The molecule has 3 saturated heterocycles. The Hall–Kier alpha value is -6.97. The Bertz CT molecular complexity index is 2600. The molecule has 7 amide bonds. The molecule has 0 radical (unpaired) electrons. The van der Waals surface area contributed by atoms with Crippen LogP contribution in [0.2, 0.25) is 0 Å². The van der Waals surface area contributed by atoms with Crippen LogP contribution < -0.4 is 37.1 Å². The predicted molar refractivity (Wildman–Crippen MR) is 270 cm³/mol. The minimum atomic E-state index is -2.09. The number of β-amino-alcohol motifs (C(OH)–C–C–N with tert-alkyl or cyclic N) is 1. The van der Waals surface area contributed by atoms with Crippen molar-refractivity contribution in [2.45, 2.75) is 118 Å². The number of carbonyl (C=O) groups is 7. The second kappa shape index (κ2) is 25.5. The molecule has 3 fully saturated rings. The maximum absolute atomic E-state index is 14.9. The first-order chi connectivity index (χ1) is 36.7. The van der Waals surface area contributed by atoms with Gasteiger partial charge in [0.2, 0.25) is 35.4 Å². The second-order valence-electron chi connectivity index (χ2n) is 20.0. The number of aromatic hydroxyl groups is 1. The standard InChI is InChI=1S/C52H68N8O17/c1-25-22-60-44(45(25)68)49(72)55-21-28(63)19-35(53)46(69)56-41(26(2)62)50(73)59-23-29(64)20-36(59)47(70)57-42(39(67)17-27-11-12-37(65)40(18-27)76-16-15-61)48(71)58-43(51(60)74)38(66)13-14-54-52(75)77-24-34-32-9-5-3-7-30(32)31-8-4-6-10-33(31)34/h3-12,18,25-26,28-29,34-36,38-39,41-45,61-68H,13-17,19-24,53H2,1-2H3,(H,54,75)(H,55,72)(H,56,69)(H,57,70)(H,58,71)/t25-,26+,28+,29+,35?,36-,38+,39+,41-,42-,43-,44-,45-/m0/s1. The molecule has 7 rings (SSSR count). The van der Waals surface area contributed by atoms with E-state index in [-0.39, 0.29) is 49.3 Å². The van der Waals surface area contributed by atoms with Crippen LogP contribution in [0.3, 0.4) is 0 Å². The van der Waals surface area contributed by atoms with Gasteiger partial charge in [-0.25, -0.2) is 4.79 Å². The molecule has 3 aromatic rings. The van der Waals surface area contributed by atoms with Gasteiger partial charge in [0, 0.05) is 50.9 Å². The van der Waals surface area contributed by atoms with Crippen molar-refractivity contribution in [1.29, 1.82) is 0 Å². The van der Waals surface area contributed by atoms with Gasteiger partial charge in [-0.3, -0.25) is 28.8 Å². The molecule has 1 unspecified atom stereocenters. The zero-order valence-electron chi connectivity index (χ0n) is 42.4. The lowest BCUT2D eigenvalue weighted by Crippen LogP contribution is -2.64. The Morgan fingerprint density at radius 1 is 0.779 bits per heavy atom. The van der Waals surface area contributed by atoms with E-state index in [4.69, 9.17) is 15.2 Å². The van der Waals surface area contributed by atoms with Crippen LogP contribution in [0, 0.1) is 5.92 Å². The monoisotopic (exact) mass is 1080 g/mol. The number of rotatable bonds is 13. The largest absolute Gasteiger partial charge is 0.504 e. The van der Waals surface area contributed by atoms with E-state index < -0.39 is 166 Å². The molecule has 0 saturated carbocycles. The minimum absolute atomic E-state index is 0.0548. The summed E-state index contributed by atoms with van der Waals surface area (Å²) >= 11 is 0. The highest BCUT2D eigenvalue weighted by molar-refractivity contribution is 5.98. The maximum atomic E-state index is 14.9. The number of nitrogens with one attached hydrogen (secondary N) is 5. The predicted octanol–water partition coefficient (Wildman–Crippen LogP) is -3.83. The average molecular weight is 1080 g/mol. The Morgan fingerprint density at radius 3 is 2.08 bits per heavy atom. The number of aliphatic hydroxyl groups is 7. The molecule has 25 heteroatoms. The van der Waals surface area contributed by atoms with Gasteiger partial charge in [0.1, 0.15) is 43.4 Å². The Labute approximate surface area is 442 Å². The lowest BCUT2D eigenvalue weighted by atomic mass is 9.98. The third kappa shape index (κ3) is 13.4. The average Bonchev–Trinajstić information content (AvgIpc) is 4.08. The number of ether oxygens (including phenoxy) is 2. The highest BCUT2D eigenvalue weighted by Gasteiger charge is 2.49. The number of fused-ring (bicyclic) bond motifs is 5. The molecule has 0 spiro atoms.